The Morgan fingerprint density at radius 3 is 1.92 bits per heavy atom. The molecule has 138 valence electrons. The van der Waals surface area contributed by atoms with Gasteiger partial charge in [0, 0.05) is 17.7 Å². The third-order valence-electron chi connectivity index (χ3n) is 3.91. The van der Waals surface area contributed by atoms with Gasteiger partial charge in [-0.15, -0.1) is 0 Å². The molecule has 0 radical (unpaired) electrons. The molecule has 2 aromatic carbocycles. The normalized spacial score (nSPS) is 11.4. The Morgan fingerprint density at radius 2 is 1.38 bits per heavy atom. The fourth-order valence-electron chi connectivity index (χ4n) is 2.42. The topological polar surface area (TPSA) is 71.1 Å². The third-order valence-corrected chi connectivity index (χ3v) is 3.91. The molecule has 0 saturated heterocycles. The zero-order valence-corrected chi connectivity index (χ0v) is 15.5. The van der Waals surface area contributed by atoms with Crippen molar-refractivity contribution in [3.63, 3.8) is 0 Å². The van der Waals surface area contributed by atoms with E-state index < -0.39 is 12.1 Å². The number of esters is 1. The molecule has 0 aromatic heterocycles. The lowest BCUT2D eigenvalue weighted by atomic mass is 10.1. The molecule has 0 aliphatic rings. The van der Waals surface area contributed by atoms with E-state index in [1.165, 1.54) is 40.4 Å². The highest BCUT2D eigenvalue weighted by atomic mass is 16.5. The molecule has 1 atom stereocenters. The molecule has 0 amide bonds. The first-order valence-corrected chi connectivity index (χ1v) is 8.03. The highest BCUT2D eigenvalue weighted by Gasteiger charge is 2.24. The first kappa shape index (κ1) is 19.3. The number of ketones is 1. The molecule has 6 nitrogen and oxygen atoms in total. The minimum atomic E-state index is -0.942. The van der Waals surface area contributed by atoms with Crippen molar-refractivity contribution in [2.75, 3.05) is 21.3 Å². The van der Waals surface area contributed by atoms with Crippen LogP contribution in [-0.2, 0) is 4.74 Å². The van der Waals surface area contributed by atoms with Crippen molar-refractivity contribution < 1.29 is 28.5 Å². The number of carbonyl (C=O) groups is 2. The van der Waals surface area contributed by atoms with Gasteiger partial charge in [0.05, 0.1) is 21.3 Å². The summed E-state index contributed by atoms with van der Waals surface area (Å²) in [7, 11) is 4.37. The van der Waals surface area contributed by atoms with E-state index in [0.717, 1.165) is 5.56 Å². The molecule has 0 N–H and O–H groups in total. The molecule has 0 heterocycles. The number of hydrogen-bond donors (Lipinski definition) is 0. The van der Waals surface area contributed by atoms with Gasteiger partial charge in [-0.1, -0.05) is 29.8 Å². The Hall–Kier alpha value is -3.02. The smallest absolute Gasteiger partial charge is 0.342 e. The van der Waals surface area contributed by atoms with Crippen LogP contribution in [0.3, 0.4) is 0 Å². The highest BCUT2D eigenvalue weighted by Crippen LogP contribution is 2.35. The van der Waals surface area contributed by atoms with E-state index in [0.29, 0.717) is 17.1 Å². The van der Waals surface area contributed by atoms with E-state index in [1.807, 2.05) is 19.1 Å². The van der Waals surface area contributed by atoms with E-state index in [1.54, 1.807) is 12.1 Å². The zero-order chi connectivity index (χ0) is 19.3. The molecule has 0 aliphatic carbocycles. The highest BCUT2D eigenvalue weighted by molar-refractivity contribution is 6.02. The molecule has 0 bridgehead atoms. The predicted molar refractivity (Wildman–Crippen MR) is 96.5 cm³/mol. The van der Waals surface area contributed by atoms with E-state index >= 15 is 0 Å². The lowest BCUT2D eigenvalue weighted by Crippen LogP contribution is -2.24. The lowest BCUT2D eigenvalue weighted by Gasteiger charge is -2.16. The van der Waals surface area contributed by atoms with Gasteiger partial charge in [-0.2, -0.15) is 0 Å². The van der Waals surface area contributed by atoms with Crippen molar-refractivity contribution in [3.8, 4) is 17.2 Å². The second-order valence-electron chi connectivity index (χ2n) is 5.69. The molecular weight excluding hydrogens is 336 g/mol. The van der Waals surface area contributed by atoms with Gasteiger partial charge in [-0.05, 0) is 13.8 Å². The molecule has 2 aromatic rings. The van der Waals surface area contributed by atoms with E-state index in [9.17, 15) is 9.59 Å². The summed E-state index contributed by atoms with van der Waals surface area (Å²) in [6.07, 6.45) is -0.942. The Kier molecular flexibility index (Phi) is 6.22. The maximum Gasteiger partial charge on any atom is 0.342 e. The fourth-order valence-corrected chi connectivity index (χ4v) is 2.42. The SMILES string of the molecule is COc1cc(OC)c(C(=O)OC(C)C(=O)c2ccc(C)cc2)cc1OC. The van der Waals surface area contributed by atoms with E-state index in [-0.39, 0.29) is 17.1 Å². The minimum Gasteiger partial charge on any atom is -0.496 e. The number of hydrogen-bond acceptors (Lipinski definition) is 6. The first-order chi connectivity index (χ1) is 12.4. The Morgan fingerprint density at radius 1 is 0.846 bits per heavy atom. The monoisotopic (exact) mass is 358 g/mol. The number of rotatable bonds is 7. The molecule has 0 saturated carbocycles. The van der Waals surface area contributed by atoms with Crippen molar-refractivity contribution in [3.05, 3.63) is 53.1 Å². The lowest BCUT2D eigenvalue weighted by molar-refractivity contribution is 0.0315. The quantitative estimate of drug-likeness (QED) is 0.558. The second-order valence-corrected chi connectivity index (χ2v) is 5.69. The molecule has 0 fully saturated rings. The Bertz CT molecular complexity index is 795. The van der Waals surface area contributed by atoms with Crippen LogP contribution in [0, 0.1) is 6.92 Å². The van der Waals surface area contributed by atoms with Crippen LogP contribution >= 0.6 is 0 Å². The summed E-state index contributed by atoms with van der Waals surface area (Å²) >= 11 is 0. The minimum absolute atomic E-state index is 0.147. The summed E-state index contributed by atoms with van der Waals surface area (Å²) in [6, 6.07) is 10.1. The number of Topliss-reactive ketones (excluding diaryl/α,β-unsaturated/α-hetero) is 1. The van der Waals surface area contributed by atoms with Crippen LogP contribution in [0.5, 0.6) is 17.2 Å². The second kappa shape index (κ2) is 8.38. The average molecular weight is 358 g/mol. The summed E-state index contributed by atoms with van der Waals surface area (Å²) in [5.41, 5.74) is 1.67. The van der Waals surface area contributed by atoms with Gasteiger partial charge in [0.1, 0.15) is 11.3 Å². The van der Waals surface area contributed by atoms with Crippen LogP contribution in [0.1, 0.15) is 33.2 Å². The number of benzene rings is 2. The summed E-state index contributed by atoms with van der Waals surface area (Å²) in [6.45, 7) is 3.47. The maximum atomic E-state index is 12.5. The fraction of sp³-hybridized carbons (Fsp3) is 0.300. The van der Waals surface area contributed by atoms with Crippen molar-refractivity contribution in [2.24, 2.45) is 0 Å². The standard InChI is InChI=1S/C20H22O6/c1-12-6-8-14(9-7-12)19(21)13(2)26-20(22)15-10-17(24-4)18(25-5)11-16(15)23-3/h6-11,13H,1-5H3. The van der Waals surface area contributed by atoms with Crippen LogP contribution < -0.4 is 14.2 Å². The van der Waals surface area contributed by atoms with Gasteiger partial charge in [0.15, 0.2) is 17.6 Å². The first-order valence-electron chi connectivity index (χ1n) is 8.03. The number of methoxy groups -OCH3 is 3. The van der Waals surface area contributed by atoms with Gasteiger partial charge >= 0.3 is 5.97 Å². The Labute approximate surface area is 152 Å². The number of ether oxygens (including phenoxy) is 4. The predicted octanol–water partition coefficient (Wildman–Crippen LogP) is 3.45. The van der Waals surface area contributed by atoms with Gasteiger partial charge < -0.3 is 18.9 Å². The van der Waals surface area contributed by atoms with Crippen LogP contribution in [0.25, 0.3) is 0 Å². The summed E-state index contributed by atoms with van der Waals surface area (Å²) in [5.74, 6) is 0.0821. The summed E-state index contributed by atoms with van der Waals surface area (Å²) in [5, 5.41) is 0. The molecule has 26 heavy (non-hydrogen) atoms. The van der Waals surface area contributed by atoms with Crippen molar-refractivity contribution in [2.45, 2.75) is 20.0 Å². The largest absolute Gasteiger partial charge is 0.496 e. The van der Waals surface area contributed by atoms with Crippen LogP contribution in [-0.4, -0.2) is 39.2 Å². The third kappa shape index (κ3) is 4.14. The van der Waals surface area contributed by atoms with Crippen LogP contribution in [0.4, 0.5) is 0 Å². The molecule has 0 aliphatic heterocycles. The number of aryl methyl sites for hydroxylation is 1. The molecule has 1 unspecified atom stereocenters. The maximum absolute atomic E-state index is 12.5. The Balaban J connectivity index is 2.23. The van der Waals surface area contributed by atoms with Crippen molar-refractivity contribution >= 4 is 11.8 Å². The zero-order valence-electron chi connectivity index (χ0n) is 15.5. The molecule has 0 spiro atoms. The van der Waals surface area contributed by atoms with E-state index in [2.05, 4.69) is 0 Å². The van der Waals surface area contributed by atoms with Gasteiger partial charge in [0.2, 0.25) is 5.78 Å². The summed E-state index contributed by atoms with van der Waals surface area (Å²) in [4.78, 5) is 25.0. The van der Waals surface area contributed by atoms with Crippen LogP contribution in [0.2, 0.25) is 0 Å². The number of carbonyl (C=O) groups excluding carboxylic acids is 2. The summed E-state index contributed by atoms with van der Waals surface area (Å²) < 4.78 is 21.0. The molecule has 2 rings (SSSR count). The van der Waals surface area contributed by atoms with Crippen LogP contribution in [0.15, 0.2) is 36.4 Å². The molecule has 6 heteroatoms. The van der Waals surface area contributed by atoms with Gasteiger partial charge in [-0.25, -0.2) is 4.79 Å². The molecular formula is C20H22O6. The van der Waals surface area contributed by atoms with Gasteiger partial charge in [-0.3, -0.25) is 4.79 Å². The van der Waals surface area contributed by atoms with E-state index in [4.69, 9.17) is 18.9 Å². The van der Waals surface area contributed by atoms with Crippen molar-refractivity contribution in [1.29, 1.82) is 0 Å². The van der Waals surface area contributed by atoms with Crippen molar-refractivity contribution in [1.82, 2.24) is 0 Å². The van der Waals surface area contributed by atoms with Gasteiger partial charge in [0.25, 0.3) is 0 Å². The average Bonchev–Trinajstić information content (AvgIpc) is 2.66.